The molecule has 18 heavy (non-hydrogen) atoms. The molecule has 1 aromatic carbocycles. The largest absolute Gasteiger partial charge is 0.497 e. The van der Waals surface area contributed by atoms with Crippen LogP contribution in [0.4, 0.5) is 0 Å². The van der Waals surface area contributed by atoms with Crippen molar-refractivity contribution in [2.45, 2.75) is 6.54 Å². The van der Waals surface area contributed by atoms with Gasteiger partial charge in [-0.2, -0.15) is 10.5 Å². The minimum atomic E-state index is 0.107. The van der Waals surface area contributed by atoms with E-state index < -0.39 is 0 Å². The van der Waals surface area contributed by atoms with E-state index in [0.29, 0.717) is 11.6 Å². The number of hydrogen-bond donors (Lipinski definition) is 1. The molecule has 4 nitrogen and oxygen atoms in total. The third-order valence-corrected chi connectivity index (χ3v) is 3.02. The second-order valence-electron chi connectivity index (χ2n) is 3.33. The highest BCUT2D eigenvalue weighted by atomic mass is 32.2. The highest BCUT2D eigenvalue weighted by Gasteiger charge is 2.04. The van der Waals surface area contributed by atoms with Crippen molar-refractivity contribution < 1.29 is 4.74 Å². The van der Waals surface area contributed by atoms with Crippen LogP contribution >= 0.6 is 11.8 Å². The minimum Gasteiger partial charge on any atom is -0.497 e. The highest BCUT2D eigenvalue weighted by Crippen LogP contribution is 2.15. The molecule has 1 N–H and O–H groups in total. The van der Waals surface area contributed by atoms with Crippen LogP contribution in [0.3, 0.4) is 0 Å². The molecule has 0 amide bonds. The number of allylic oxidation sites excluding steroid dienone is 1. The zero-order valence-corrected chi connectivity index (χ0v) is 11.0. The molecule has 0 spiro atoms. The van der Waals surface area contributed by atoms with Crippen molar-refractivity contribution in [2.24, 2.45) is 0 Å². The quantitative estimate of drug-likeness (QED) is 0.822. The first-order valence-corrected chi connectivity index (χ1v) is 6.43. The van der Waals surface area contributed by atoms with Crippen LogP contribution in [0.2, 0.25) is 0 Å². The molecule has 0 fully saturated rings. The van der Waals surface area contributed by atoms with E-state index in [-0.39, 0.29) is 5.57 Å². The predicted octanol–water partition coefficient (Wildman–Crippen LogP) is 2.41. The normalized spacial score (nSPS) is 8.89. The summed E-state index contributed by atoms with van der Waals surface area (Å²) in [6.45, 7) is 0.563. The molecule has 0 aliphatic carbocycles. The summed E-state index contributed by atoms with van der Waals surface area (Å²) in [5.74, 6) is 0.800. The summed E-state index contributed by atoms with van der Waals surface area (Å²) >= 11 is 1.35. The summed E-state index contributed by atoms with van der Waals surface area (Å²) in [5, 5.41) is 21.3. The molecule has 0 unspecified atom stereocenters. The van der Waals surface area contributed by atoms with E-state index in [1.807, 2.05) is 42.7 Å². The summed E-state index contributed by atoms with van der Waals surface area (Å²) in [6, 6.07) is 11.4. The molecule has 5 heteroatoms. The van der Waals surface area contributed by atoms with Crippen molar-refractivity contribution in [3.8, 4) is 17.9 Å². The number of nitrogens with zero attached hydrogens (tertiary/aromatic N) is 2. The summed E-state index contributed by atoms with van der Waals surface area (Å²) in [7, 11) is 1.62. The van der Waals surface area contributed by atoms with Gasteiger partial charge in [0.05, 0.1) is 12.1 Å². The van der Waals surface area contributed by atoms with Crippen molar-refractivity contribution in [3.63, 3.8) is 0 Å². The molecule has 0 bridgehead atoms. The van der Waals surface area contributed by atoms with Gasteiger partial charge >= 0.3 is 0 Å². The van der Waals surface area contributed by atoms with Gasteiger partial charge in [-0.15, -0.1) is 11.8 Å². The van der Waals surface area contributed by atoms with Gasteiger partial charge in [-0.3, -0.25) is 0 Å². The molecular weight excluding hydrogens is 246 g/mol. The van der Waals surface area contributed by atoms with Crippen molar-refractivity contribution in [2.75, 3.05) is 13.4 Å². The third kappa shape index (κ3) is 3.73. The highest BCUT2D eigenvalue weighted by molar-refractivity contribution is 8.02. The Hall–Kier alpha value is -2.11. The first-order chi connectivity index (χ1) is 8.74. The fraction of sp³-hybridized carbons (Fsp3) is 0.231. The summed E-state index contributed by atoms with van der Waals surface area (Å²) in [6.07, 6.45) is 1.82. The van der Waals surface area contributed by atoms with Crippen LogP contribution in [0, 0.1) is 22.7 Å². The molecule has 1 aromatic rings. The second-order valence-corrected chi connectivity index (χ2v) is 4.15. The van der Waals surface area contributed by atoms with Crippen LogP contribution in [0.25, 0.3) is 0 Å². The van der Waals surface area contributed by atoms with Gasteiger partial charge in [0.2, 0.25) is 0 Å². The lowest BCUT2D eigenvalue weighted by atomic mass is 10.2. The SMILES string of the molecule is COc1ccc(CNC(SC)=C(C#N)C#N)cc1. The topological polar surface area (TPSA) is 68.8 Å². The van der Waals surface area contributed by atoms with E-state index in [0.717, 1.165) is 11.3 Å². The Morgan fingerprint density at radius 3 is 2.33 bits per heavy atom. The Balaban J connectivity index is 2.72. The molecule has 0 radical (unpaired) electrons. The van der Waals surface area contributed by atoms with Crippen molar-refractivity contribution in [3.05, 3.63) is 40.4 Å². The number of methoxy groups -OCH3 is 1. The molecule has 0 heterocycles. The molecule has 1 rings (SSSR count). The number of nitrogens with one attached hydrogen (secondary N) is 1. The maximum Gasteiger partial charge on any atom is 0.159 e. The van der Waals surface area contributed by atoms with Gasteiger partial charge in [0.15, 0.2) is 5.57 Å². The van der Waals surface area contributed by atoms with Gasteiger partial charge in [0, 0.05) is 6.54 Å². The molecule has 0 saturated carbocycles. The van der Waals surface area contributed by atoms with E-state index in [1.165, 1.54) is 11.8 Å². The Bertz CT molecular complexity index is 493. The number of benzene rings is 1. The number of nitriles is 2. The first-order valence-electron chi connectivity index (χ1n) is 5.20. The Morgan fingerprint density at radius 1 is 1.28 bits per heavy atom. The summed E-state index contributed by atoms with van der Waals surface area (Å²) in [5.41, 5.74) is 1.16. The molecular formula is C13H13N3OS. The van der Waals surface area contributed by atoms with Crippen molar-refractivity contribution >= 4 is 11.8 Å². The fourth-order valence-electron chi connectivity index (χ4n) is 1.31. The zero-order valence-electron chi connectivity index (χ0n) is 10.2. The van der Waals surface area contributed by atoms with Gasteiger partial charge in [-0.05, 0) is 24.0 Å². The summed E-state index contributed by atoms with van der Waals surface area (Å²) in [4.78, 5) is 0. The van der Waals surface area contributed by atoms with Crippen LogP contribution in [-0.4, -0.2) is 13.4 Å². The molecule has 0 aliphatic rings. The maximum atomic E-state index is 8.79. The average Bonchev–Trinajstić information content (AvgIpc) is 2.44. The van der Waals surface area contributed by atoms with E-state index >= 15 is 0 Å². The number of hydrogen-bond acceptors (Lipinski definition) is 5. The lowest BCUT2D eigenvalue weighted by molar-refractivity contribution is 0.414. The van der Waals surface area contributed by atoms with Gasteiger partial charge < -0.3 is 10.1 Å². The predicted molar refractivity (Wildman–Crippen MR) is 71.6 cm³/mol. The average molecular weight is 259 g/mol. The monoisotopic (exact) mass is 259 g/mol. The van der Waals surface area contributed by atoms with Gasteiger partial charge in [0.1, 0.15) is 17.9 Å². The van der Waals surface area contributed by atoms with E-state index in [9.17, 15) is 0 Å². The number of ether oxygens (including phenoxy) is 1. The molecule has 0 aliphatic heterocycles. The van der Waals surface area contributed by atoms with Crippen LogP contribution in [0.1, 0.15) is 5.56 Å². The Kier molecular flexibility index (Phi) is 5.63. The molecule has 0 saturated heterocycles. The molecule has 0 aromatic heterocycles. The first kappa shape index (κ1) is 14.0. The number of thioether (sulfide) groups is 1. The standard InChI is InChI=1S/C13H13N3OS/c1-17-12-5-3-10(4-6-12)9-16-13(18-2)11(7-14)8-15/h3-6,16H,9H2,1-2H3. The lowest BCUT2D eigenvalue weighted by Gasteiger charge is -2.09. The van der Waals surface area contributed by atoms with E-state index in [2.05, 4.69) is 5.32 Å². The van der Waals surface area contributed by atoms with E-state index in [1.54, 1.807) is 7.11 Å². The molecule has 92 valence electrons. The van der Waals surface area contributed by atoms with Crippen LogP contribution < -0.4 is 10.1 Å². The van der Waals surface area contributed by atoms with Crippen molar-refractivity contribution in [1.29, 1.82) is 10.5 Å². The lowest BCUT2D eigenvalue weighted by Crippen LogP contribution is -2.12. The Morgan fingerprint density at radius 2 is 1.89 bits per heavy atom. The summed E-state index contributed by atoms with van der Waals surface area (Å²) < 4.78 is 5.07. The molecule has 0 atom stereocenters. The van der Waals surface area contributed by atoms with Gasteiger partial charge in [0.25, 0.3) is 0 Å². The minimum absolute atomic E-state index is 0.107. The van der Waals surface area contributed by atoms with Gasteiger partial charge in [-0.1, -0.05) is 12.1 Å². The maximum absolute atomic E-state index is 8.79. The smallest absolute Gasteiger partial charge is 0.159 e. The Labute approximate surface area is 111 Å². The fourth-order valence-corrected chi connectivity index (χ4v) is 1.83. The van der Waals surface area contributed by atoms with Crippen LogP contribution in [-0.2, 0) is 6.54 Å². The van der Waals surface area contributed by atoms with Gasteiger partial charge in [-0.25, -0.2) is 0 Å². The van der Waals surface area contributed by atoms with Crippen molar-refractivity contribution in [1.82, 2.24) is 5.32 Å². The number of rotatable bonds is 5. The van der Waals surface area contributed by atoms with Crippen LogP contribution in [0.5, 0.6) is 5.75 Å². The third-order valence-electron chi connectivity index (χ3n) is 2.27. The van der Waals surface area contributed by atoms with Crippen LogP contribution in [0.15, 0.2) is 34.9 Å². The zero-order chi connectivity index (χ0) is 13.4. The van der Waals surface area contributed by atoms with E-state index in [4.69, 9.17) is 15.3 Å². The second kappa shape index (κ2) is 7.26.